The Morgan fingerprint density at radius 2 is 1.72 bits per heavy atom. The molecule has 2 aromatic carbocycles. The van der Waals surface area contributed by atoms with E-state index in [4.69, 9.17) is 4.74 Å². The number of nitrogens with zero attached hydrogens (tertiary/aromatic N) is 2. The molecule has 3 N–H and O–H groups in total. The van der Waals surface area contributed by atoms with Gasteiger partial charge in [-0.3, -0.25) is 10.1 Å². The lowest BCUT2D eigenvalue weighted by Crippen LogP contribution is -2.08. The lowest BCUT2D eigenvalue weighted by Gasteiger charge is -2.10. The number of hydrogen-bond acceptors (Lipinski definition) is 6. The SMILES string of the molecule is O=C(O)c1[nH]c(-c2ccc(Oc3ccccc3)cc2)nc2c(O)cc([N+](=O)[O-])c1-2. The number of nitrogens with one attached hydrogen (secondary N) is 1. The third kappa shape index (κ3) is 3.32. The molecule has 0 radical (unpaired) electrons. The van der Waals surface area contributed by atoms with Gasteiger partial charge < -0.3 is 19.9 Å². The van der Waals surface area contributed by atoms with Crippen molar-refractivity contribution in [1.29, 1.82) is 0 Å². The van der Waals surface area contributed by atoms with Gasteiger partial charge in [0.1, 0.15) is 40.0 Å². The molecule has 0 saturated carbocycles. The van der Waals surface area contributed by atoms with Crippen molar-refractivity contribution in [3.63, 3.8) is 0 Å². The molecule has 0 saturated heterocycles. The number of para-hydroxylation sites is 1. The molecule has 0 fully saturated rings. The molecule has 29 heavy (non-hydrogen) atoms. The average Bonchev–Trinajstić information content (AvgIpc) is 3.05. The first kappa shape index (κ1) is 18.0. The Balaban J connectivity index is 1.76. The monoisotopic (exact) mass is 391 g/mol. The predicted octanol–water partition coefficient (Wildman–Crippen LogP) is 4.29. The fraction of sp³-hybridized carbons (Fsp3) is 0. The summed E-state index contributed by atoms with van der Waals surface area (Å²) in [5.41, 5.74) is -0.864. The fourth-order valence-corrected chi connectivity index (χ4v) is 2.95. The van der Waals surface area contributed by atoms with Gasteiger partial charge in [0.05, 0.1) is 11.0 Å². The summed E-state index contributed by atoms with van der Waals surface area (Å²) in [6, 6.07) is 16.7. The molecule has 9 heteroatoms. The normalized spacial score (nSPS) is 10.8. The highest BCUT2D eigenvalue weighted by molar-refractivity contribution is 5.99. The van der Waals surface area contributed by atoms with Gasteiger partial charge in [-0.25, -0.2) is 9.78 Å². The number of fused-ring (bicyclic) bond motifs is 1. The Kier molecular flexibility index (Phi) is 4.32. The standard InChI is InChI=1S/C20H13N3O6/c24-15-10-14(23(27)28)16-17(15)21-19(22-18(16)20(25)26)11-6-8-13(9-7-11)29-12-4-2-1-3-5-12/h1-10,24H,(H,21,22)(H,25,26). The van der Waals surface area contributed by atoms with Crippen molar-refractivity contribution < 1.29 is 24.7 Å². The summed E-state index contributed by atoms with van der Waals surface area (Å²) in [6.07, 6.45) is 0. The predicted molar refractivity (Wildman–Crippen MR) is 102 cm³/mol. The number of ether oxygens (including phenoxy) is 1. The average molecular weight is 391 g/mol. The van der Waals surface area contributed by atoms with Crippen molar-refractivity contribution in [1.82, 2.24) is 9.97 Å². The first-order valence-electron chi connectivity index (χ1n) is 8.40. The van der Waals surface area contributed by atoms with Crippen LogP contribution in [0.4, 0.5) is 5.69 Å². The number of aromatic amines is 1. The van der Waals surface area contributed by atoms with Crippen LogP contribution in [0, 0.1) is 10.1 Å². The van der Waals surface area contributed by atoms with E-state index in [-0.39, 0.29) is 17.1 Å². The maximum absolute atomic E-state index is 11.7. The summed E-state index contributed by atoms with van der Waals surface area (Å²) < 4.78 is 5.71. The molecule has 0 unspecified atom stereocenters. The number of H-pyrrole nitrogens is 1. The number of hydrogen-bond donors (Lipinski definition) is 3. The molecular formula is C20H13N3O6. The molecule has 0 amide bonds. The Hall–Kier alpha value is -4.40. The second kappa shape index (κ2) is 6.97. The molecule has 2 aliphatic rings. The summed E-state index contributed by atoms with van der Waals surface area (Å²) in [4.78, 5) is 28.9. The Morgan fingerprint density at radius 1 is 1.07 bits per heavy atom. The van der Waals surface area contributed by atoms with Gasteiger partial charge in [0, 0.05) is 5.56 Å². The number of carboxylic acid groups (broad SMARTS) is 1. The van der Waals surface area contributed by atoms with Gasteiger partial charge >= 0.3 is 5.97 Å². The van der Waals surface area contributed by atoms with Crippen molar-refractivity contribution >= 4 is 11.7 Å². The van der Waals surface area contributed by atoms with Crippen molar-refractivity contribution in [3.8, 4) is 39.9 Å². The number of aromatic hydroxyl groups is 1. The van der Waals surface area contributed by atoms with E-state index >= 15 is 0 Å². The molecule has 9 nitrogen and oxygen atoms in total. The van der Waals surface area contributed by atoms with Gasteiger partial charge in [-0.1, -0.05) is 18.2 Å². The Morgan fingerprint density at radius 3 is 2.34 bits per heavy atom. The lowest BCUT2D eigenvalue weighted by molar-refractivity contribution is -0.383. The van der Waals surface area contributed by atoms with E-state index in [2.05, 4.69) is 9.97 Å². The van der Waals surface area contributed by atoms with Crippen LogP contribution >= 0.6 is 0 Å². The largest absolute Gasteiger partial charge is 0.505 e. The third-order valence-corrected chi connectivity index (χ3v) is 4.24. The first-order chi connectivity index (χ1) is 13.9. The zero-order chi connectivity index (χ0) is 20.5. The van der Waals surface area contributed by atoms with E-state index < -0.39 is 28.0 Å². The summed E-state index contributed by atoms with van der Waals surface area (Å²) in [7, 11) is 0. The molecule has 0 aromatic heterocycles. The van der Waals surface area contributed by atoms with E-state index in [9.17, 15) is 25.1 Å². The molecular weight excluding hydrogens is 378 g/mol. The van der Waals surface area contributed by atoms with E-state index in [1.807, 2.05) is 18.2 Å². The van der Waals surface area contributed by atoms with Gasteiger partial charge in [-0.05, 0) is 36.4 Å². The maximum Gasteiger partial charge on any atom is 0.353 e. The molecule has 0 bridgehead atoms. The second-order valence-corrected chi connectivity index (χ2v) is 6.10. The summed E-state index contributed by atoms with van der Waals surface area (Å²) >= 11 is 0. The zero-order valence-electron chi connectivity index (χ0n) is 14.7. The van der Waals surface area contributed by atoms with Crippen LogP contribution in [0.2, 0.25) is 0 Å². The lowest BCUT2D eigenvalue weighted by atomic mass is 10.1. The molecule has 1 aliphatic carbocycles. The van der Waals surface area contributed by atoms with Gasteiger partial charge in [0.15, 0.2) is 0 Å². The Labute approximate surface area is 163 Å². The van der Waals surface area contributed by atoms with Gasteiger partial charge in [-0.15, -0.1) is 0 Å². The minimum atomic E-state index is -1.41. The summed E-state index contributed by atoms with van der Waals surface area (Å²) in [5.74, 6) is -0.512. The minimum Gasteiger partial charge on any atom is -0.505 e. The highest BCUT2D eigenvalue weighted by Gasteiger charge is 2.32. The minimum absolute atomic E-state index is 0.136. The van der Waals surface area contributed by atoms with E-state index in [1.54, 1.807) is 36.4 Å². The molecule has 0 spiro atoms. The first-order valence-corrected chi connectivity index (χ1v) is 8.40. The van der Waals surface area contributed by atoms with Crippen LogP contribution in [-0.2, 0) is 0 Å². The maximum atomic E-state index is 11.7. The highest BCUT2D eigenvalue weighted by Crippen LogP contribution is 2.43. The van der Waals surface area contributed by atoms with E-state index in [0.717, 1.165) is 6.07 Å². The number of carbonyl (C=O) groups is 1. The Bertz CT molecular complexity index is 1190. The quantitative estimate of drug-likeness (QED) is 0.341. The van der Waals surface area contributed by atoms with Gasteiger partial charge in [0.25, 0.3) is 5.69 Å². The summed E-state index contributed by atoms with van der Waals surface area (Å²) in [5, 5.41) is 30.7. The summed E-state index contributed by atoms with van der Waals surface area (Å²) in [6.45, 7) is 0. The van der Waals surface area contributed by atoms with Crippen LogP contribution in [0.15, 0.2) is 60.7 Å². The smallest absolute Gasteiger partial charge is 0.353 e. The van der Waals surface area contributed by atoms with Crippen LogP contribution in [0.25, 0.3) is 22.6 Å². The number of nitro groups is 1. The third-order valence-electron chi connectivity index (χ3n) is 4.24. The van der Waals surface area contributed by atoms with Crippen LogP contribution < -0.4 is 4.74 Å². The van der Waals surface area contributed by atoms with E-state index in [0.29, 0.717) is 17.1 Å². The number of aromatic nitrogens is 2. The molecule has 1 aliphatic heterocycles. The molecule has 2 aromatic rings. The van der Waals surface area contributed by atoms with E-state index in [1.165, 1.54) is 0 Å². The zero-order valence-corrected chi connectivity index (χ0v) is 14.7. The van der Waals surface area contributed by atoms with Crippen LogP contribution in [0.1, 0.15) is 10.5 Å². The molecule has 144 valence electrons. The highest BCUT2D eigenvalue weighted by atomic mass is 16.6. The van der Waals surface area contributed by atoms with Crippen molar-refractivity contribution in [2.24, 2.45) is 0 Å². The topological polar surface area (TPSA) is 139 Å². The second-order valence-electron chi connectivity index (χ2n) is 6.10. The van der Waals surface area contributed by atoms with Gasteiger partial charge in [-0.2, -0.15) is 0 Å². The van der Waals surface area contributed by atoms with Crippen LogP contribution in [0.3, 0.4) is 0 Å². The van der Waals surface area contributed by atoms with Crippen LogP contribution in [0.5, 0.6) is 17.2 Å². The fourth-order valence-electron chi connectivity index (χ4n) is 2.95. The van der Waals surface area contributed by atoms with Crippen molar-refractivity contribution in [2.45, 2.75) is 0 Å². The molecule has 1 heterocycles. The molecule has 4 rings (SSSR count). The number of benzene rings is 2. The molecule has 0 atom stereocenters. The van der Waals surface area contributed by atoms with Crippen molar-refractivity contribution in [2.75, 3.05) is 0 Å². The van der Waals surface area contributed by atoms with Crippen molar-refractivity contribution in [3.05, 3.63) is 76.5 Å². The number of carboxylic acids is 1. The number of aromatic carboxylic acids is 1. The van der Waals surface area contributed by atoms with Crippen LogP contribution in [-0.4, -0.2) is 31.1 Å². The number of rotatable bonds is 5. The van der Waals surface area contributed by atoms with Gasteiger partial charge in [0.2, 0.25) is 0 Å².